The Hall–Kier alpha value is -3.06. The second-order valence-electron chi connectivity index (χ2n) is 7.38. The van der Waals surface area contributed by atoms with E-state index in [1.807, 2.05) is 6.20 Å². The fourth-order valence-corrected chi connectivity index (χ4v) is 4.22. The Morgan fingerprint density at radius 2 is 2.10 bits per heavy atom. The molecule has 0 fully saturated rings. The van der Waals surface area contributed by atoms with Crippen LogP contribution in [-0.4, -0.2) is 30.2 Å². The topological polar surface area (TPSA) is 72.3 Å². The van der Waals surface area contributed by atoms with Gasteiger partial charge in [0.05, 0.1) is 11.9 Å². The number of hydrogen-bond acceptors (Lipinski definition) is 5. The summed E-state index contributed by atoms with van der Waals surface area (Å²) in [7, 11) is 0. The van der Waals surface area contributed by atoms with Gasteiger partial charge in [0, 0.05) is 29.8 Å². The molecule has 1 aromatic carbocycles. The monoisotopic (exact) mass is 418 g/mol. The van der Waals surface area contributed by atoms with Crippen molar-refractivity contribution in [1.29, 1.82) is 0 Å². The average Bonchev–Trinajstić information content (AvgIpc) is 3.51. The van der Waals surface area contributed by atoms with Crippen LogP contribution in [0.3, 0.4) is 0 Å². The number of unbranched alkanes of at least 4 members (excludes halogenated alkanes) is 1. The van der Waals surface area contributed by atoms with E-state index in [9.17, 15) is 0 Å². The standard InChI is InChI=1S/C23H26N6S/c1-3-4-11-22-24-15-20(29(22)16-18-9-6-5-8-17(18)2)13-19(23-25-27-28-26-23)14-21-10-7-12-30-21/h5-10,12-13,15H,3-4,11,14,16H2,1-2H3,(H,25,26,27,28)/b19-13+. The molecule has 7 heteroatoms. The second-order valence-corrected chi connectivity index (χ2v) is 8.41. The number of imidazole rings is 1. The van der Waals surface area contributed by atoms with Crippen molar-refractivity contribution in [2.45, 2.75) is 46.1 Å². The SMILES string of the molecule is CCCCc1ncc(/C=C(\Cc2cccs2)c2nn[nH]n2)n1Cc1ccccc1C. The van der Waals surface area contributed by atoms with Crippen LogP contribution in [-0.2, 0) is 19.4 Å². The molecule has 0 saturated carbocycles. The Morgan fingerprint density at radius 1 is 1.20 bits per heavy atom. The summed E-state index contributed by atoms with van der Waals surface area (Å²) < 4.78 is 2.33. The van der Waals surface area contributed by atoms with Crippen LogP contribution in [0.2, 0.25) is 0 Å². The van der Waals surface area contributed by atoms with E-state index in [4.69, 9.17) is 4.98 Å². The van der Waals surface area contributed by atoms with Gasteiger partial charge in [0.25, 0.3) is 0 Å². The van der Waals surface area contributed by atoms with E-state index >= 15 is 0 Å². The Bertz CT molecular complexity index is 1090. The summed E-state index contributed by atoms with van der Waals surface area (Å²) in [5.74, 6) is 1.75. The molecule has 1 N–H and O–H groups in total. The fraction of sp³-hybridized carbons (Fsp3) is 0.304. The van der Waals surface area contributed by atoms with Crippen molar-refractivity contribution in [3.8, 4) is 0 Å². The van der Waals surface area contributed by atoms with Crippen molar-refractivity contribution in [2.75, 3.05) is 0 Å². The van der Waals surface area contributed by atoms with Crippen LogP contribution >= 0.6 is 11.3 Å². The van der Waals surface area contributed by atoms with Gasteiger partial charge in [-0.15, -0.1) is 21.5 Å². The van der Waals surface area contributed by atoms with Crippen molar-refractivity contribution in [3.63, 3.8) is 0 Å². The van der Waals surface area contributed by atoms with Gasteiger partial charge in [-0.2, -0.15) is 5.21 Å². The number of aryl methyl sites for hydroxylation is 2. The van der Waals surface area contributed by atoms with E-state index in [0.29, 0.717) is 5.82 Å². The third-order valence-electron chi connectivity index (χ3n) is 5.21. The number of nitrogens with zero attached hydrogens (tertiary/aromatic N) is 5. The Balaban J connectivity index is 1.74. The predicted molar refractivity (Wildman–Crippen MR) is 121 cm³/mol. The number of nitrogens with one attached hydrogen (secondary N) is 1. The van der Waals surface area contributed by atoms with E-state index < -0.39 is 0 Å². The minimum Gasteiger partial charge on any atom is -0.324 e. The van der Waals surface area contributed by atoms with Crippen LogP contribution in [0.1, 0.15) is 53.1 Å². The maximum atomic E-state index is 4.77. The second kappa shape index (κ2) is 9.63. The molecule has 0 atom stereocenters. The molecule has 6 nitrogen and oxygen atoms in total. The largest absolute Gasteiger partial charge is 0.324 e. The molecule has 0 saturated heterocycles. The summed E-state index contributed by atoms with van der Waals surface area (Å²) in [5, 5.41) is 16.9. The molecule has 0 bridgehead atoms. The van der Waals surface area contributed by atoms with Gasteiger partial charge in [0.2, 0.25) is 5.82 Å². The molecule has 0 aliphatic heterocycles. The lowest BCUT2D eigenvalue weighted by atomic mass is 10.1. The first kappa shape index (κ1) is 20.2. The summed E-state index contributed by atoms with van der Waals surface area (Å²) in [6.07, 6.45) is 8.13. The molecule has 0 aliphatic carbocycles. The van der Waals surface area contributed by atoms with Gasteiger partial charge in [0.15, 0.2) is 0 Å². The highest BCUT2D eigenvalue weighted by atomic mass is 32.1. The lowest BCUT2D eigenvalue weighted by Crippen LogP contribution is -2.08. The first-order valence-corrected chi connectivity index (χ1v) is 11.2. The highest BCUT2D eigenvalue weighted by molar-refractivity contribution is 7.10. The van der Waals surface area contributed by atoms with Gasteiger partial charge in [0.1, 0.15) is 5.82 Å². The highest BCUT2D eigenvalue weighted by Gasteiger charge is 2.14. The van der Waals surface area contributed by atoms with Gasteiger partial charge in [-0.25, -0.2) is 4.98 Å². The van der Waals surface area contributed by atoms with Crippen LogP contribution in [0.25, 0.3) is 11.6 Å². The third kappa shape index (κ3) is 4.74. The zero-order valence-electron chi connectivity index (χ0n) is 17.4. The average molecular weight is 419 g/mol. The smallest absolute Gasteiger partial charge is 0.201 e. The molecular weight excluding hydrogens is 392 g/mol. The number of thiophene rings is 1. The molecule has 3 aromatic heterocycles. The summed E-state index contributed by atoms with van der Waals surface area (Å²) in [6, 6.07) is 12.7. The van der Waals surface area contributed by atoms with E-state index in [2.05, 4.69) is 86.9 Å². The number of allylic oxidation sites excluding steroid dienone is 1. The summed E-state index contributed by atoms with van der Waals surface area (Å²) in [5.41, 5.74) is 4.70. The molecule has 4 aromatic rings. The van der Waals surface area contributed by atoms with Crippen molar-refractivity contribution < 1.29 is 0 Å². The molecule has 0 spiro atoms. The minimum absolute atomic E-state index is 0.627. The zero-order chi connectivity index (χ0) is 20.8. The molecule has 0 aliphatic rings. The van der Waals surface area contributed by atoms with Crippen molar-refractivity contribution in [2.24, 2.45) is 0 Å². The predicted octanol–water partition coefficient (Wildman–Crippen LogP) is 4.94. The summed E-state index contributed by atoms with van der Waals surface area (Å²) in [6.45, 7) is 5.18. The number of benzene rings is 1. The van der Waals surface area contributed by atoms with E-state index in [1.165, 1.54) is 16.0 Å². The molecule has 0 unspecified atom stereocenters. The quantitative estimate of drug-likeness (QED) is 0.418. The number of aromatic nitrogens is 6. The number of rotatable bonds is 9. The molecule has 154 valence electrons. The molecule has 30 heavy (non-hydrogen) atoms. The van der Waals surface area contributed by atoms with Gasteiger partial charge in [-0.1, -0.05) is 43.7 Å². The summed E-state index contributed by atoms with van der Waals surface area (Å²) >= 11 is 1.73. The van der Waals surface area contributed by atoms with Crippen LogP contribution in [0.15, 0.2) is 48.0 Å². The highest BCUT2D eigenvalue weighted by Crippen LogP contribution is 2.24. The number of H-pyrrole nitrogens is 1. The number of tetrazole rings is 1. The van der Waals surface area contributed by atoms with Crippen LogP contribution in [0.5, 0.6) is 0 Å². The van der Waals surface area contributed by atoms with Gasteiger partial charge < -0.3 is 4.57 Å². The zero-order valence-corrected chi connectivity index (χ0v) is 18.2. The Labute approximate surface area is 180 Å². The maximum absolute atomic E-state index is 4.77. The first-order valence-electron chi connectivity index (χ1n) is 10.3. The Kier molecular flexibility index (Phi) is 6.49. The molecule has 3 heterocycles. The van der Waals surface area contributed by atoms with Crippen LogP contribution in [0.4, 0.5) is 0 Å². The number of hydrogen-bond donors (Lipinski definition) is 1. The van der Waals surface area contributed by atoms with E-state index in [1.54, 1.807) is 11.3 Å². The third-order valence-corrected chi connectivity index (χ3v) is 6.09. The maximum Gasteiger partial charge on any atom is 0.201 e. The normalized spacial score (nSPS) is 11.9. The lowest BCUT2D eigenvalue weighted by Gasteiger charge is -2.13. The minimum atomic E-state index is 0.627. The molecule has 0 amide bonds. The lowest BCUT2D eigenvalue weighted by molar-refractivity contribution is 0.673. The van der Waals surface area contributed by atoms with E-state index in [-0.39, 0.29) is 0 Å². The first-order chi connectivity index (χ1) is 14.7. The number of aromatic amines is 1. The van der Waals surface area contributed by atoms with Gasteiger partial charge >= 0.3 is 0 Å². The Morgan fingerprint density at radius 3 is 2.83 bits per heavy atom. The molecule has 4 rings (SSSR count). The fourth-order valence-electron chi connectivity index (χ4n) is 3.49. The van der Waals surface area contributed by atoms with Crippen LogP contribution in [0, 0.1) is 6.92 Å². The molecular formula is C23H26N6S. The van der Waals surface area contributed by atoms with Crippen molar-refractivity contribution >= 4 is 23.0 Å². The van der Waals surface area contributed by atoms with Crippen molar-refractivity contribution in [3.05, 3.63) is 81.3 Å². The van der Waals surface area contributed by atoms with Gasteiger partial charge in [-0.3, -0.25) is 0 Å². The summed E-state index contributed by atoms with van der Waals surface area (Å²) in [4.78, 5) is 6.03. The molecule has 0 radical (unpaired) electrons. The van der Waals surface area contributed by atoms with Gasteiger partial charge in [-0.05, 0) is 47.2 Å². The van der Waals surface area contributed by atoms with Crippen LogP contribution < -0.4 is 0 Å². The van der Waals surface area contributed by atoms with E-state index in [0.717, 1.165) is 49.3 Å². The van der Waals surface area contributed by atoms with Crippen molar-refractivity contribution in [1.82, 2.24) is 30.2 Å².